The monoisotopic (exact) mass is 285 g/mol. The molecule has 0 aliphatic heterocycles. The first kappa shape index (κ1) is 10.6. The van der Waals surface area contributed by atoms with Crippen molar-refractivity contribution in [2.24, 2.45) is 0 Å². The van der Waals surface area contributed by atoms with Crippen LogP contribution in [0.15, 0.2) is 28.9 Å². The van der Waals surface area contributed by atoms with Gasteiger partial charge in [-0.25, -0.2) is 4.68 Å². The van der Waals surface area contributed by atoms with Crippen LogP contribution in [0.1, 0.15) is 11.3 Å². The van der Waals surface area contributed by atoms with Crippen LogP contribution < -0.4 is 0 Å². The van der Waals surface area contributed by atoms with Gasteiger partial charge in [-0.15, -0.1) is 16.7 Å². The molecule has 0 spiro atoms. The number of halogens is 2. The van der Waals surface area contributed by atoms with E-state index in [1.807, 2.05) is 31.3 Å². The van der Waals surface area contributed by atoms with E-state index in [0.717, 1.165) is 15.9 Å². The van der Waals surface area contributed by atoms with Gasteiger partial charge in [0, 0.05) is 4.47 Å². The number of aryl methyl sites for hydroxylation is 1. The van der Waals surface area contributed by atoms with E-state index in [0.29, 0.717) is 5.88 Å². The molecule has 0 aliphatic carbocycles. The summed E-state index contributed by atoms with van der Waals surface area (Å²) < 4.78 is 2.75. The van der Waals surface area contributed by atoms with Gasteiger partial charge in [0.25, 0.3) is 0 Å². The van der Waals surface area contributed by atoms with E-state index >= 15 is 0 Å². The van der Waals surface area contributed by atoms with Gasteiger partial charge in [-0.1, -0.05) is 21.1 Å². The van der Waals surface area contributed by atoms with Crippen LogP contribution in [0.25, 0.3) is 5.69 Å². The number of nitrogens with zero attached hydrogens (tertiary/aromatic N) is 3. The summed E-state index contributed by atoms with van der Waals surface area (Å²) in [5.74, 6) is 0.382. The van der Waals surface area contributed by atoms with Crippen LogP contribution >= 0.6 is 27.5 Å². The third kappa shape index (κ3) is 2.38. The van der Waals surface area contributed by atoms with Crippen LogP contribution in [-0.4, -0.2) is 15.0 Å². The molecule has 5 heteroatoms. The van der Waals surface area contributed by atoms with Gasteiger partial charge in [0.15, 0.2) is 0 Å². The van der Waals surface area contributed by atoms with Crippen LogP contribution in [0.5, 0.6) is 0 Å². The highest BCUT2D eigenvalue weighted by molar-refractivity contribution is 9.10. The quantitative estimate of drug-likeness (QED) is 0.794. The lowest BCUT2D eigenvalue weighted by molar-refractivity contribution is 0.799. The molecule has 0 fully saturated rings. The number of benzene rings is 1. The Morgan fingerprint density at radius 3 is 2.80 bits per heavy atom. The number of rotatable bonds is 2. The van der Waals surface area contributed by atoms with Crippen molar-refractivity contribution in [1.29, 1.82) is 0 Å². The lowest BCUT2D eigenvalue weighted by Gasteiger charge is -2.02. The van der Waals surface area contributed by atoms with E-state index in [9.17, 15) is 0 Å². The van der Waals surface area contributed by atoms with Crippen molar-refractivity contribution in [2.45, 2.75) is 12.8 Å². The number of aromatic nitrogens is 3. The van der Waals surface area contributed by atoms with E-state index in [-0.39, 0.29) is 0 Å². The maximum absolute atomic E-state index is 5.67. The second-order valence-corrected chi connectivity index (χ2v) is 4.46. The van der Waals surface area contributed by atoms with Crippen LogP contribution in [0.3, 0.4) is 0 Å². The first-order valence-electron chi connectivity index (χ1n) is 4.44. The zero-order valence-electron chi connectivity index (χ0n) is 8.11. The molecule has 2 rings (SSSR count). The molecule has 1 aromatic carbocycles. The Kier molecular flexibility index (Phi) is 3.07. The summed E-state index contributed by atoms with van der Waals surface area (Å²) >= 11 is 9.11. The Hall–Kier alpha value is -0.870. The molecule has 0 atom stereocenters. The van der Waals surface area contributed by atoms with Crippen molar-refractivity contribution in [3.8, 4) is 5.69 Å². The van der Waals surface area contributed by atoms with Crippen molar-refractivity contribution >= 4 is 27.5 Å². The molecule has 0 amide bonds. The summed E-state index contributed by atoms with van der Waals surface area (Å²) in [4.78, 5) is 0. The van der Waals surface area contributed by atoms with Crippen molar-refractivity contribution < 1.29 is 0 Å². The van der Waals surface area contributed by atoms with Crippen LogP contribution in [-0.2, 0) is 5.88 Å². The average molecular weight is 287 g/mol. The fourth-order valence-electron chi connectivity index (χ4n) is 1.34. The third-order valence-corrected chi connectivity index (χ3v) is 2.70. The Morgan fingerprint density at radius 2 is 2.20 bits per heavy atom. The highest BCUT2D eigenvalue weighted by Crippen LogP contribution is 2.18. The van der Waals surface area contributed by atoms with Gasteiger partial charge in [0.1, 0.15) is 0 Å². The van der Waals surface area contributed by atoms with Gasteiger partial charge in [0.2, 0.25) is 0 Å². The molecular formula is C10H9BrClN3. The topological polar surface area (TPSA) is 30.7 Å². The maximum Gasteiger partial charge on any atom is 0.0979 e. The van der Waals surface area contributed by atoms with Crippen molar-refractivity contribution in [3.05, 3.63) is 40.1 Å². The molecule has 0 radical (unpaired) electrons. The molecule has 1 aromatic heterocycles. The van der Waals surface area contributed by atoms with Gasteiger partial charge >= 0.3 is 0 Å². The van der Waals surface area contributed by atoms with E-state index in [1.54, 1.807) is 4.68 Å². The standard InChI is InChI=1S/C10H9BrClN3/c1-7-2-8(11)4-10(3-7)15-6-9(5-12)13-14-15/h2-4,6H,5H2,1H3. The molecule has 0 N–H and O–H groups in total. The van der Waals surface area contributed by atoms with Gasteiger partial charge in [-0.3, -0.25) is 0 Å². The van der Waals surface area contributed by atoms with E-state index < -0.39 is 0 Å². The van der Waals surface area contributed by atoms with E-state index in [1.165, 1.54) is 5.56 Å². The Balaban J connectivity index is 2.44. The van der Waals surface area contributed by atoms with Gasteiger partial charge in [0.05, 0.1) is 23.5 Å². The molecule has 1 heterocycles. The first-order chi connectivity index (χ1) is 7.19. The number of hydrogen-bond donors (Lipinski definition) is 0. The summed E-state index contributed by atoms with van der Waals surface area (Å²) in [7, 11) is 0. The zero-order chi connectivity index (χ0) is 10.8. The molecule has 78 valence electrons. The van der Waals surface area contributed by atoms with Gasteiger partial charge < -0.3 is 0 Å². The average Bonchev–Trinajstić information content (AvgIpc) is 2.64. The molecule has 2 aromatic rings. The minimum atomic E-state index is 0.382. The minimum absolute atomic E-state index is 0.382. The van der Waals surface area contributed by atoms with Crippen LogP contribution in [0.2, 0.25) is 0 Å². The number of alkyl halides is 1. The molecule has 0 saturated heterocycles. The summed E-state index contributed by atoms with van der Waals surface area (Å²) in [5.41, 5.74) is 2.92. The molecule has 0 bridgehead atoms. The maximum atomic E-state index is 5.67. The Bertz CT molecular complexity index is 461. The SMILES string of the molecule is Cc1cc(Br)cc(-n2cc(CCl)nn2)c1. The van der Waals surface area contributed by atoms with E-state index in [2.05, 4.69) is 26.2 Å². The third-order valence-electron chi connectivity index (χ3n) is 1.97. The fraction of sp³-hybridized carbons (Fsp3) is 0.200. The molecule has 15 heavy (non-hydrogen) atoms. The smallest absolute Gasteiger partial charge is 0.0979 e. The normalized spacial score (nSPS) is 10.6. The van der Waals surface area contributed by atoms with Crippen molar-refractivity contribution in [3.63, 3.8) is 0 Å². The van der Waals surface area contributed by atoms with Gasteiger partial charge in [-0.05, 0) is 30.7 Å². The first-order valence-corrected chi connectivity index (χ1v) is 5.76. The van der Waals surface area contributed by atoms with E-state index in [4.69, 9.17) is 11.6 Å². The second-order valence-electron chi connectivity index (χ2n) is 3.27. The lowest BCUT2D eigenvalue weighted by Crippen LogP contribution is -1.95. The minimum Gasteiger partial charge on any atom is -0.220 e. The predicted molar refractivity (Wildman–Crippen MR) is 63.4 cm³/mol. The second kappa shape index (κ2) is 4.33. The Labute approximate surface area is 101 Å². The molecule has 0 aliphatic rings. The predicted octanol–water partition coefficient (Wildman–Crippen LogP) is 3.08. The highest BCUT2D eigenvalue weighted by atomic mass is 79.9. The van der Waals surface area contributed by atoms with Crippen molar-refractivity contribution in [2.75, 3.05) is 0 Å². The summed E-state index contributed by atoms with van der Waals surface area (Å²) in [6.07, 6.45) is 1.83. The highest BCUT2D eigenvalue weighted by Gasteiger charge is 2.03. The summed E-state index contributed by atoms with van der Waals surface area (Å²) in [6.45, 7) is 2.04. The number of hydrogen-bond acceptors (Lipinski definition) is 2. The fourth-order valence-corrected chi connectivity index (χ4v) is 2.05. The molecular weight excluding hydrogens is 277 g/mol. The Morgan fingerprint density at radius 1 is 1.40 bits per heavy atom. The van der Waals surface area contributed by atoms with Crippen molar-refractivity contribution in [1.82, 2.24) is 15.0 Å². The van der Waals surface area contributed by atoms with Crippen LogP contribution in [0.4, 0.5) is 0 Å². The molecule has 0 unspecified atom stereocenters. The lowest BCUT2D eigenvalue weighted by atomic mass is 10.2. The van der Waals surface area contributed by atoms with Gasteiger partial charge in [-0.2, -0.15) is 0 Å². The summed E-state index contributed by atoms with van der Waals surface area (Å²) in [6, 6.07) is 6.07. The zero-order valence-corrected chi connectivity index (χ0v) is 10.5. The summed E-state index contributed by atoms with van der Waals surface area (Å²) in [5, 5.41) is 7.94. The molecule has 3 nitrogen and oxygen atoms in total. The largest absolute Gasteiger partial charge is 0.220 e. The van der Waals surface area contributed by atoms with Crippen LogP contribution in [0, 0.1) is 6.92 Å². The molecule has 0 saturated carbocycles.